The van der Waals surface area contributed by atoms with E-state index in [0.717, 1.165) is 18.3 Å². The van der Waals surface area contributed by atoms with Crippen molar-refractivity contribution < 1.29 is 4.79 Å². The van der Waals surface area contributed by atoms with E-state index >= 15 is 0 Å². The summed E-state index contributed by atoms with van der Waals surface area (Å²) in [6, 6.07) is 6.27. The smallest absolute Gasteiger partial charge is 0.142 e. The van der Waals surface area contributed by atoms with Crippen LogP contribution in [0.5, 0.6) is 0 Å². The molecule has 0 radical (unpaired) electrons. The molecule has 13 heavy (non-hydrogen) atoms. The van der Waals surface area contributed by atoms with Crippen molar-refractivity contribution in [3.05, 3.63) is 41.0 Å². The van der Waals surface area contributed by atoms with Crippen molar-refractivity contribution in [3.63, 3.8) is 0 Å². The van der Waals surface area contributed by atoms with Crippen molar-refractivity contribution in [1.82, 2.24) is 0 Å². The van der Waals surface area contributed by atoms with Crippen molar-refractivity contribution >= 4 is 12.4 Å². The van der Waals surface area contributed by atoms with Crippen molar-refractivity contribution in [2.45, 2.75) is 20.3 Å². The quantitative estimate of drug-likeness (QED) is 0.508. The number of aldehydes is 1. The van der Waals surface area contributed by atoms with Crippen LogP contribution in [0.4, 0.5) is 0 Å². The van der Waals surface area contributed by atoms with Crippen molar-refractivity contribution in [2.24, 2.45) is 0 Å². The minimum Gasteiger partial charge on any atom is -0.299 e. The van der Waals surface area contributed by atoms with E-state index in [-0.39, 0.29) is 0 Å². The maximum atomic E-state index is 10.2. The summed E-state index contributed by atoms with van der Waals surface area (Å²) in [5, 5.41) is 0. The molecule has 0 saturated carbocycles. The van der Waals surface area contributed by atoms with Gasteiger partial charge in [-0.3, -0.25) is 4.79 Å². The van der Waals surface area contributed by atoms with E-state index in [1.807, 2.05) is 12.1 Å². The van der Waals surface area contributed by atoms with Crippen molar-refractivity contribution in [3.8, 4) is 0 Å². The molecule has 0 amide bonds. The minimum atomic E-state index is 0.805. The summed E-state index contributed by atoms with van der Waals surface area (Å²) in [6.45, 7) is 4.19. The Labute approximate surface area is 79.1 Å². The summed E-state index contributed by atoms with van der Waals surface area (Å²) in [4.78, 5) is 10.2. The zero-order chi connectivity index (χ0) is 9.68. The average molecular weight is 174 g/mol. The molecule has 0 aliphatic carbocycles. The Morgan fingerprint density at radius 2 is 2.15 bits per heavy atom. The number of aryl methyl sites for hydroxylation is 2. The molecule has 0 aromatic heterocycles. The maximum Gasteiger partial charge on any atom is 0.142 e. The first kappa shape index (κ1) is 9.72. The van der Waals surface area contributed by atoms with Crippen molar-refractivity contribution in [2.75, 3.05) is 0 Å². The molecule has 1 nitrogen and oxygen atoms in total. The zero-order valence-electron chi connectivity index (χ0n) is 8.08. The fraction of sp³-hybridized carbons (Fsp3) is 0.250. The van der Waals surface area contributed by atoms with Gasteiger partial charge >= 0.3 is 0 Å². The third kappa shape index (κ3) is 2.55. The van der Waals surface area contributed by atoms with E-state index < -0.39 is 0 Å². The highest BCUT2D eigenvalue weighted by Crippen LogP contribution is 2.13. The van der Waals surface area contributed by atoms with Gasteiger partial charge in [0.05, 0.1) is 0 Å². The summed E-state index contributed by atoms with van der Waals surface area (Å²) in [5.41, 5.74) is 3.69. The number of benzene rings is 1. The van der Waals surface area contributed by atoms with E-state index in [1.54, 1.807) is 0 Å². The summed E-state index contributed by atoms with van der Waals surface area (Å²) < 4.78 is 0. The van der Waals surface area contributed by atoms with Gasteiger partial charge in [0.15, 0.2) is 0 Å². The van der Waals surface area contributed by atoms with E-state index in [9.17, 15) is 4.79 Å². The van der Waals surface area contributed by atoms with Crippen LogP contribution in [0.15, 0.2) is 24.3 Å². The zero-order valence-corrected chi connectivity index (χ0v) is 8.08. The number of carbonyl (C=O) groups is 1. The van der Waals surface area contributed by atoms with Gasteiger partial charge in [0.1, 0.15) is 6.29 Å². The van der Waals surface area contributed by atoms with Crippen LogP contribution in [0.1, 0.15) is 23.6 Å². The summed E-state index contributed by atoms with van der Waals surface area (Å²) >= 11 is 0. The molecule has 0 N–H and O–H groups in total. The van der Waals surface area contributed by atoms with Crippen LogP contribution in [0.2, 0.25) is 0 Å². The lowest BCUT2D eigenvalue weighted by Gasteiger charge is -2.03. The minimum absolute atomic E-state index is 0.805. The molecular formula is C12H14O. The third-order valence-electron chi connectivity index (χ3n) is 2.03. The Morgan fingerprint density at radius 3 is 2.77 bits per heavy atom. The van der Waals surface area contributed by atoms with E-state index in [2.05, 4.69) is 26.0 Å². The molecule has 0 heterocycles. The standard InChI is InChI=1S/C12H14O/c1-3-11-9-10(2)6-7-12(11)5-4-8-13/h4-9H,3H2,1-2H3/b5-4+. The second kappa shape index (κ2) is 4.61. The predicted molar refractivity (Wildman–Crippen MR) is 55.7 cm³/mol. The molecule has 1 rings (SSSR count). The third-order valence-corrected chi connectivity index (χ3v) is 2.03. The summed E-state index contributed by atoms with van der Waals surface area (Å²) in [6.07, 6.45) is 5.19. The normalized spacial score (nSPS) is 10.6. The van der Waals surface area contributed by atoms with E-state index in [1.165, 1.54) is 17.2 Å². The first-order chi connectivity index (χ1) is 6.27. The highest BCUT2D eigenvalue weighted by molar-refractivity contribution is 5.74. The number of hydrogen-bond acceptors (Lipinski definition) is 1. The maximum absolute atomic E-state index is 10.2. The lowest BCUT2D eigenvalue weighted by atomic mass is 10.0. The lowest BCUT2D eigenvalue weighted by molar-refractivity contribution is -0.104. The molecule has 0 aliphatic rings. The van der Waals surface area contributed by atoms with Crippen molar-refractivity contribution in [1.29, 1.82) is 0 Å². The van der Waals surface area contributed by atoms with Gasteiger partial charge in [-0.05, 0) is 30.5 Å². The molecule has 0 fully saturated rings. The number of rotatable bonds is 3. The second-order valence-electron chi connectivity index (χ2n) is 3.05. The van der Waals surface area contributed by atoms with Gasteiger partial charge in [-0.2, -0.15) is 0 Å². The monoisotopic (exact) mass is 174 g/mol. The SMILES string of the molecule is CCc1cc(C)ccc1/C=C/C=O. The second-order valence-corrected chi connectivity index (χ2v) is 3.05. The molecule has 1 aromatic carbocycles. The van der Waals surface area contributed by atoms with Crippen LogP contribution in [-0.4, -0.2) is 6.29 Å². The lowest BCUT2D eigenvalue weighted by Crippen LogP contribution is -1.87. The highest BCUT2D eigenvalue weighted by Gasteiger charge is 1.96. The average Bonchev–Trinajstić information content (AvgIpc) is 2.16. The molecule has 68 valence electrons. The Kier molecular flexibility index (Phi) is 3.44. The molecular weight excluding hydrogens is 160 g/mol. The Balaban J connectivity index is 3.05. The van der Waals surface area contributed by atoms with Crippen LogP contribution in [-0.2, 0) is 11.2 Å². The van der Waals surface area contributed by atoms with Gasteiger partial charge in [-0.1, -0.05) is 36.8 Å². The predicted octanol–water partition coefficient (Wildman–Crippen LogP) is 2.77. The number of carbonyl (C=O) groups excluding carboxylic acids is 1. The van der Waals surface area contributed by atoms with Gasteiger partial charge < -0.3 is 0 Å². The Hall–Kier alpha value is -1.37. The van der Waals surface area contributed by atoms with Crippen LogP contribution < -0.4 is 0 Å². The largest absolute Gasteiger partial charge is 0.299 e. The summed E-state index contributed by atoms with van der Waals surface area (Å²) in [5.74, 6) is 0. The number of allylic oxidation sites excluding steroid dienone is 1. The Bertz CT molecular complexity index is 324. The molecule has 0 spiro atoms. The van der Waals surface area contributed by atoms with Gasteiger partial charge in [0.2, 0.25) is 0 Å². The van der Waals surface area contributed by atoms with Gasteiger partial charge in [-0.25, -0.2) is 0 Å². The molecule has 1 aromatic rings. The molecule has 1 heteroatoms. The van der Waals surface area contributed by atoms with E-state index in [4.69, 9.17) is 0 Å². The highest BCUT2D eigenvalue weighted by atomic mass is 16.1. The topological polar surface area (TPSA) is 17.1 Å². The summed E-state index contributed by atoms with van der Waals surface area (Å²) in [7, 11) is 0. The molecule has 0 atom stereocenters. The van der Waals surface area contributed by atoms with Gasteiger partial charge in [-0.15, -0.1) is 0 Å². The van der Waals surface area contributed by atoms with Crippen LogP contribution in [0, 0.1) is 6.92 Å². The van der Waals surface area contributed by atoms with E-state index in [0.29, 0.717) is 0 Å². The number of hydrogen-bond donors (Lipinski definition) is 0. The fourth-order valence-corrected chi connectivity index (χ4v) is 1.35. The molecule has 0 aliphatic heterocycles. The molecule has 0 saturated heterocycles. The van der Waals surface area contributed by atoms with Gasteiger partial charge in [0.25, 0.3) is 0 Å². The van der Waals surface area contributed by atoms with Crippen LogP contribution >= 0.6 is 0 Å². The Morgan fingerprint density at radius 1 is 1.38 bits per heavy atom. The molecule has 0 unspecified atom stereocenters. The fourth-order valence-electron chi connectivity index (χ4n) is 1.35. The van der Waals surface area contributed by atoms with Gasteiger partial charge in [0, 0.05) is 0 Å². The first-order valence-corrected chi connectivity index (χ1v) is 4.49. The first-order valence-electron chi connectivity index (χ1n) is 4.49. The van der Waals surface area contributed by atoms with Crippen LogP contribution in [0.25, 0.3) is 6.08 Å². The van der Waals surface area contributed by atoms with Crippen LogP contribution in [0.3, 0.4) is 0 Å². The molecule has 0 bridgehead atoms.